The van der Waals surface area contributed by atoms with Crippen LogP contribution in [0.2, 0.25) is 0 Å². The van der Waals surface area contributed by atoms with Crippen molar-refractivity contribution < 1.29 is 5.11 Å². The lowest BCUT2D eigenvalue weighted by Crippen LogP contribution is -2.11. The molecule has 0 bridgehead atoms. The SMILES string of the molecule is OCCC(Cl)(Br)c1ccccc1. The van der Waals surface area contributed by atoms with Crippen molar-refractivity contribution in [2.24, 2.45) is 0 Å². The van der Waals surface area contributed by atoms with Gasteiger partial charge in [-0.25, -0.2) is 0 Å². The van der Waals surface area contributed by atoms with Gasteiger partial charge in [-0.05, 0) is 5.56 Å². The summed E-state index contributed by atoms with van der Waals surface area (Å²) in [5.74, 6) is 0. The van der Waals surface area contributed by atoms with E-state index in [9.17, 15) is 0 Å². The standard InChI is InChI=1S/C9H10BrClO/c10-9(11,6-7-12)8-4-2-1-3-5-8/h1-5,12H,6-7H2. The molecule has 66 valence electrons. The number of alkyl halides is 2. The lowest BCUT2D eigenvalue weighted by Gasteiger charge is -2.18. The van der Waals surface area contributed by atoms with Crippen LogP contribution in [0.4, 0.5) is 0 Å². The minimum absolute atomic E-state index is 0.0731. The highest BCUT2D eigenvalue weighted by Crippen LogP contribution is 2.38. The second kappa shape index (κ2) is 4.26. The number of hydrogen-bond donors (Lipinski definition) is 1. The van der Waals surface area contributed by atoms with Gasteiger partial charge in [0.25, 0.3) is 0 Å². The Labute approximate surface area is 85.5 Å². The van der Waals surface area contributed by atoms with Crippen LogP contribution in [0.15, 0.2) is 30.3 Å². The summed E-state index contributed by atoms with van der Waals surface area (Å²) < 4.78 is -0.622. The predicted octanol–water partition coefficient (Wildman–Crippen LogP) is 2.86. The van der Waals surface area contributed by atoms with Crippen molar-refractivity contribution in [3.8, 4) is 0 Å². The van der Waals surface area contributed by atoms with Gasteiger partial charge < -0.3 is 5.11 Å². The van der Waals surface area contributed by atoms with Crippen molar-refractivity contribution in [1.29, 1.82) is 0 Å². The fraction of sp³-hybridized carbons (Fsp3) is 0.333. The quantitative estimate of drug-likeness (QED) is 0.817. The van der Waals surface area contributed by atoms with E-state index in [4.69, 9.17) is 16.7 Å². The summed E-state index contributed by atoms with van der Waals surface area (Å²) in [5.41, 5.74) is 0.973. The summed E-state index contributed by atoms with van der Waals surface area (Å²) in [7, 11) is 0. The van der Waals surface area contributed by atoms with Crippen molar-refractivity contribution in [3.05, 3.63) is 35.9 Å². The number of aliphatic hydroxyl groups excluding tert-OH is 1. The Kier molecular flexibility index (Phi) is 3.56. The van der Waals surface area contributed by atoms with Crippen molar-refractivity contribution in [1.82, 2.24) is 0 Å². The van der Waals surface area contributed by atoms with E-state index in [2.05, 4.69) is 15.9 Å². The van der Waals surface area contributed by atoms with Crippen molar-refractivity contribution in [2.45, 2.75) is 10.2 Å². The Morgan fingerprint density at radius 3 is 2.42 bits per heavy atom. The highest BCUT2D eigenvalue weighted by atomic mass is 79.9. The minimum Gasteiger partial charge on any atom is -0.396 e. The average Bonchev–Trinajstić information content (AvgIpc) is 2.06. The van der Waals surface area contributed by atoms with Gasteiger partial charge in [0, 0.05) is 13.0 Å². The molecule has 1 aromatic carbocycles. The molecule has 0 heterocycles. The second-order valence-corrected chi connectivity index (χ2v) is 5.00. The van der Waals surface area contributed by atoms with E-state index >= 15 is 0 Å². The molecule has 1 unspecified atom stereocenters. The first-order chi connectivity index (χ1) is 5.67. The van der Waals surface area contributed by atoms with E-state index in [0.717, 1.165) is 5.56 Å². The number of rotatable bonds is 3. The van der Waals surface area contributed by atoms with Crippen molar-refractivity contribution >= 4 is 27.5 Å². The summed E-state index contributed by atoms with van der Waals surface area (Å²) in [6.07, 6.45) is 0.499. The summed E-state index contributed by atoms with van der Waals surface area (Å²) in [5, 5.41) is 8.75. The predicted molar refractivity (Wildman–Crippen MR) is 54.6 cm³/mol. The molecule has 0 aliphatic carbocycles. The van der Waals surface area contributed by atoms with E-state index in [0.29, 0.717) is 6.42 Å². The smallest absolute Gasteiger partial charge is 0.126 e. The number of halogens is 2. The van der Waals surface area contributed by atoms with E-state index < -0.39 is 3.78 Å². The normalized spacial score (nSPS) is 15.6. The highest BCUT2D eigenvalue weighted by molar-refractivity contribution is 9.10. The molecule has 0 aliphatic rings. The third-order valence-electron chi connectivity index (χ3n) is 1.62. The Balaban J connectivity index is 2.82. The third-order valence-corrected chi connectivity index (χ3v) is 2.88. The summed E-state index contributed by atoms with van der Waals surface area (Å²) >= 11 is 9.47. The molecule has 0 aliphatic heterocycles. The van der Waals surface area contributed by atoms with Crippen LogP contribution in [0.5, 0.6) is 0 Å². The molecule has 0 aromatic heterocycles. The van der Waals surface area contributed by atoms with Crippen LogP contribution < -0.4 is 0 Å². The fourth-order valence-electron chi connectivity index (χ4n) is 0.967. The molecule has 1 aromatic rings. The topological polar surface area (TPSA) is 20.2 Å². The van der Waals surface area contributed by atoms with E-state index in [1.165, 1.54) is 0 Å². The molecular formula is C9H10BrClO. The fourth-order valence-corrected chi connectivity index (χ4v) is 1.62. The lowest BCUT2D eigenvalue weighted by molar-refractivity contribution is 0.283. The minimum atomic E-state index is -0.622. The number of benzene rings is 1. The molecule has 1 atom stereocenters. The van der Waals surface area contributed by atoms with E-state index in [-0.39, 0.29) is 6.61 Å². The van der Waals surface area contributed by atoms with E-state index in [1.807, 2.05) is 30.3 Å². The zero-order valence-corrected chi connectivity index (χ0v) is 8.85. The number of hydrogen-bond acceptors (Lipinski definition) is 1. The van der Waals surface area contributed by atoms with Gasteiger partial charge in [0.05, 0.1) is 0 Å². The van der Waals surface area contributed by atoms with Crippen molar-refractivity contribution in [2.75, 3.05) is 6.61 Å². The first kappa shape index (κ1) is 10.0. The Bertz CT molecular complexity index is 236. The maximum absolute atomic E-state index is 8.75. The third kappa shape index (κ3) is 2.47. The number of aliphatic hydroxyl groups is 1. The highest BCUT2D eigenvalue weighted by Gasteiger charge is 2.24. The molecule has 0 saturated carbocycles. The van der Waals surface area contributed by atoms with Gasteiger partial charge in [-0.15, -0.1) is 11.6 Å². The van der Waals surface area contributed by atoms with Gasteiger partial charge >= 0.3 is 0 Å². The maximum atomic E-state index is 8.75. The molecule has 12 heavy (non-hydrogen) atoms. The molecule has 0 fully saturated rings. The molecule has 1 nitrogen and oxygen atoms in total. The Morgan fingerprint density at radius 2 is 1.92 bits per heavy atom. The molecular weight excluding hydrogens is 239 g/mol. The van der Waals surface area contributed by atoms with E-state index in [1.54, 1.807) is 0 Å². The molecule has 3 heteroatoms. The molecule has 1 N–H and O–H groups in total. The average molecular weight is 250 g/mol. The Morgan fingerprint density at radius 1 is 1.33 bits per heavy atom. The molecule has 0 spiro atoms. The lowest BCUT2D eigenvalue weighted by atomic mass is 10.1. The first-order valence-corrected chi connectivity index (χ1v) is 4.88. The maximum Gasteiger partial charge on any atom is 0.126 e. The molecule has 0 saturated heterocycles. The summed E-state index contributed by atoms with van der Waals surface area (Å²) in [6.45, 7) is 0.0731. The van der Waals surface area contributed by atoms with Crippen LogP contribution in [-0.4, -0.2) is 11.7 Å². The van der Waals surface area contributed by atoms with Crippen LogP contribution in [0, 0.1) is 0 Å². The molecule has 0 amide bonds. The first-order valence-electron chi connectivity index (χ1n) is 3.71. The molecule has 1 rings (SSSR count). The summed E-state index contributed by atoms with van der Waals surface area (Å²) in [6, 6.07) is 9.63. The monoisotopic (exact) mass is 248 g/mol. The van der Waals surface area contributed by atoms with Crippen LogP contribution in [0.1, 0.15) is 12.0 Å². The van der Waals surface area contributed by atoms with Crippen LogP contribution in [0.25, 0.3) is 0 Å². The van der Waals surface area contributed by atoms with Gasteiger partial charge in [0.1, 0.15) is 3.78 Å². The van der Waals surface area contributed by atoms with Gasteiger partial charge in [0.15, 0.2) is 0 Å². The van der Waals surface area contributed by atoms with Gasteiger partial charge in [-0.1, -0.05) is 46.3 Å². The van der Waals surface area contributed by atoms with Crippen LogP contribution in [0.3, 0.4) is 0 Å². The Hall–Kier alpha value is -0.0500. The largest absolute Gasteiger partial charge is 0.396 e. The van der Waals surface area contributed by atoms with Crippen molar-refractivity contribution in [3.63, 3.8) is 0 Å². The van der Waals surface area contributed by atoms with Gasteiger partial charge in [-0.3, -0.25) is 0 Å². The zero-order chi connectivity index (χ0) is 9.03. The van der Waals surface area contributed by atoms with Crippen LogP contribution >= 0.6 is 27.5 Å². The van der Waals surface area contributed by atoms with Crippen LogP contribution in [-0.2, 0) is 3.78 Å². The molecule has 0 radical (unpaired) electrons. The van der Waals surface area contributed by atoms with Gasteiger partial charge in [0.2, 0.25) is 0 Å². The summed E-state index contributed by atoms with van der Waals surface area (Å²) in [4.78, 5) is 0. The zero-order valence-electron chi connectivity index (χ0n) is 6.50. The van der Waals surface area contributed by atoms with Gasteiger partial charge in [-0.2, -0.15) is 0 Å². The second-order valence-electron chi connectivity index (χ2n) is 2.54.